The number of ether oxygens (including phenoxy) is 1. The molecule has 0 heterocycles. The SMILES string of the molecule is C#Cc1ccc(C(C(=O)NC(C)(C)C)N(C#C)C(=O)C(CC(N)=O)NC(=O)OC(C)(C)C)cc1. The number of terminal acetylenes is 2. The molecule has 0 spiro atoms. The highest BCUT2D eigenvalue weighted by Gasteiger charge is 2.37. The Kier molecular flexibility index (Phi) is 9.28. The largest absolute Gasteiger partial charge is 0.444 e. The van der Waals surface area contributed by atoms with Gasteiger partial charge in [-0.25, -0.2) is 4.79 Å². The first-order valence-electron chi connectivity index (χ1n) is 10.5. The summed E-state index contributed by atoms with van der Waals surface area (Å²) in [5, 5.41) is 5.12. The molecule has 4 N–H and O–H groups in total. The topological polar surface area (TPSA) is 131 Å². The number of nitrogens with one attached hydrogen (secondary N) is 2. The van der Waals surface area contributed by atoms with Crippen LogP contribution in [0.25, 0.3) is 0 Å². The molecule has 1 aromatic carbocycles. The highest BCUT2D eigenvalue weighted by Crippen LogP contribution is 2.24. The van der Waals surface area contributed by atoms with E-state index in [0.29, 0.717) is 11.1 Å². The maximum atomic E-state index is 13.4. The monoisotopic (exact) mass is 468 g/mol. The number of carbonyl (C=O) groups is 4. The minimum absolute atomic E-state index is 0.377. The third-order valence-corrected chi connectivity index (χ3v) is 4.17. The van der Waals surface area contributed by atoms with Crippen molar-refractivity contribution in [3.05, 3.63) is 35.4 Å². The molecule has 4 amide bonds. The molecule has 1 aromatic rings. The van der Waals surface area contributed by atoms with Crippen molar-refractivity contribution in [3.63, 3.8) is 0 Å². The molecule has 0 saturated carbocycles. The summed E-state index contributed by atoms with van der Waals surface area (Å²) < 4.78 is 5.17. The molecular weight excluding hydrogens is 436 g/mol. The maximum Gasteiger partial charge on any atom is 0.408 e. The fourth-order valence-corrected chi connectivity index (χ4v) is 2.90. The molecule has 2 atom stereocenters. The molecule has 0 fully saturated rings. The van der Waals surface area contributed by atoms with Crippen molar-refractivity contribution in [1.82, 2.24) is 15.5 Å². The van der Waals surface area contributed by atoms with Crippen LogP contribution in [0.2, 0.25) is 0 Å². The second-order valence-corrected chi connectivity index (χ2v) is 9.61. The normalized spacial score (nSPS) is 12.8. The first-order valence-corrected chi connectivity index (χ1v) is 10.5. The second-order valence-electron chi connectivity index (χ2n) is 9.61. The van der Waals surface area contributed by atoms with E-state index in [1.807, 2.05) is 0 Å². The Morgan fingerprint density at radius 1 is 1.06 bits per heavy atom. The van der Waals surface area contributed by atoms with Crippen LogP contribution in [0.3, 0.4) is 0 Å². The molecule has 0 aliphatic carbocycles. The maximum absolute atomic E-state index is 13.4. The summed E-state index contributed by atoms with van der Waals surface area (Å²) in [4.78, 5) is 51.4. The summed E-state index contributed by atoms with van der Waals surface area (Å²) >= 11 is 0. The molecule has 2 unspecified atom stereocenters. The molecule has 9 heteroatoms. The summed E-state index contributed by atoms with van der Waals surface area (Å²) in [5.41, 5.74) is 4.73. The fourth-order valence-electron chi connectivity index (χ4n) is 2.90. The van der Waals surface area contributed by atoms with Crippen LogP contribution >= 0.6 is 0 Å². The third-order valence-electron chi connectivity index (χ3n) is 4.17. The average molecular weight is 469 g/mol. The van der Waals surface area contributed by atoms with E-state index in [0.717, 1.165) is 4.90 Å². The lowest BCUT2D eigenvalue weighted by Crippen LogP contribution is -2.54. The fraction of sp³-hybridized carbons (Fsp3) is 0.440. The van der Waals surface area contributed by atoms with Gasteiger partial charge in [0, 0.05) is 17.1 Å². The molecule has 0 aliphatic rings. The van der Waals surface area contributed by atoms with Crippen molar-refractivity contribution in [2.75, 3.05) is 0 Å². The standard InChI is InChI=1S/C25H32N4O5/c1-9-16-11-13-17(14-12-16)20(21(31)28-24(3,4)5)29(10-2)22(32)18(15-19(26)30)27-23(33)34-25(6,7)8/h1-2,11-14,18,20H,15H2,3-8H3,(H2,26,30)(H,27,33)(H,28,31). The highest BCUT2D eigenvalue weighted by atomic mass is 16.6. The number of benzene rings is 1. The molecule has 9 nitrogen and oxygen atoms in total. The third kappa shape index (κ3) is 8.87. The predicted octanol–water partition coefficient (Wildman–Crippen LogP) is 1.81. The van der Waals surface area contributed by atoms with Crippen LogP contribution in [-0.2, 0) is 19.1 Å². The number of nitrogens with two attached hydrogens (primary N) is 1. The van der Waals surface area contributed by atoms with E-state index < -0.39 is 53.5 Å². The minimum Gasteiger partial charge on any atom is -0.444 e. The Labute approximate surface area is 200 Å². The van der Waals surface area contributed by atoms with Crippen molar-refractivity contribution < 1.29 is 23.9 Å². The number of hydrogen-bond donors (Lipinski definition) is 3. The van der Waals surface area contributed by atoms with E-state index in [1.54, 1.807) is 65.8 Å². The van der Waals surface area contributed by atoms with Gasteiger partial charge in [-0.1, -0.05) is 24.5 Å². The van der Waals surface area contributed by atoms with Gasteiger partial charge in [0.15, 0.2) is 0 Å². The molecule has 182 valence electrons. The van der Waals surface area contributed by atoms with Gasteiger partial charge in [-0.15, -0.1) is 6.42 Å². The smallest absolute Gasteiger partial charge is 0.408 e. The van der Waals surface area contributed by atoms with Crippen molar-refractivity contribution >= 4 is 23.8 Å². The van der Waals surface area contributed by atoms with Crippen molar-refractivity contribution in [3.8, 4) is 24.8 Å². The predicted molar refractivity (Wildman–Crippen MR) is 128 cm³/mol. The Bertz CT molecular complexity index is 1000. The number of carbonyl (C=O) groups excluding carboxylic acids is 4. The van der Waals surface area contributed by atoms with E-state index in [-0.39, 0.29) is 0 Å². The molecular formula is C25H32N4O5. The molecule has 0 saturated heterocycles. The number of rotatable bonds is 7. The van der Waals surface area contributed by atoms with Gasteiger partial charge in [-0.2, -0.15) is 0 Å². The zero-order valence-electron chi connectivity index (χ0n) is 20.4. The Balaban J connectivity index is 3.44. The molecule has 0 radical (unpaired) electrons. The molecule has 0 bridgehead atoms. The zero-order chi connectivity index (χ0) is 26.3. The van der Waals surface area contributed by atoms with Gasteiger partial charge < -0.3 is 21.1 Å². The number of hydrogen-bond acceptors (Lipinski definition) is 5. The Hall–Kier alpha value is -3.98. The Morgan fingerprint density at radius 3 is 2.03 bits per heavy atom. The summed E-state index contributed by atoms with van der Waals surface area (Å²) in [6, 6.07) is 5.82. The number of alkyl carbamates (subject to hydrolysis) is 1. The number of primary amides is 1. The summed E-state index contributed by atoms with van der Waals surface area (Å²) in [6.07, 6.45) is 9.56. The average Bonchev–Trinajstić information content (AvgIpc) is 2.68. The lowest BCUT2D eigenvalue weighted by Gasteiger charge is -2.32. The van der Waals surface area contributed by atoms with Gasteiger partial charge >= 0.3 is 6.09 Å². The molecule has 34 heavy (non-hydrogen) atoms. The quantitative estimate of drug-likeness (QED) is 0.415. The molecule has 0 aliphatic heterocycles. The van der Waals surface area contributed by atoms with Gasteiger partial charge in [0.25, 0.3) is 5.91 Å². The van der Waals surface area contributed by atoms with E-state index in [4.69, 9.17) is 23.3 Å². The van der Waals surface area contributed by atoms with Gasteiger partial charge in [0.1, 0.15) is 17.7 Å². The van der Waals surface area contributed by atoms with Crippen LogP contribution in [0.1, 0.15) is 65.1 Å². The van der Waals surface area contributed by atoms with Crippen LogP contribution < -0.4 is 16.4 Å². The van der Waals surface area contributed by atoms with Crippen LogP contribution in [-0.4, -0.2) is 45.9 Å². The summed E-state index contributed by atoms with van der Waals surface area (Å²) in [7, 11) is 0. The first-order chi connectivity index (χ1) is 15.6. The van der Waals surface area contributed by atoms with Crippen LogP contribution in [0.4, 0.5) is 4.79 Å². The van der Waals surface area contributed by atoms with Crippen molar-refractivity contribution in [2.45, 2.75) is 71.2 Å². The molecule has 1 rings (SSSR count). The number of amides is 4. The van der Waals surface area contributed by atoms with Crippen molar-refractivity contribution in [2.24, 2.45) is 5.73 Å². The first kappa shape index (κ1) is 28.1. The van der Waals surface area contributed by atoms with E-state index in [9.17, 15) is 19.2 Å². The zero-order valence-corrected chi connectivity index (χ0v) is 20.4. The molecule has 0 aromatic heterocycles. The van der Waals surface area contributed by atoms with E-state index in [2.05, 4.69) is 22.6 Å². The summed E-state index contributed by atoms with van der Waals surface area (Å²) in [6.45, 7) is 10.2. The van der Waals surface area contributed by atoms with Gasteiger partial charge in [0.2, 0.25) is 11.8 Å². The second kappa shape index (κ2) is 11.2. The lowest BCUT2D eigenvalue weighted by atomic mass is 9.99. The van der Waals surface area contributed by atoms with Gasteiger partial charge in [-0.3, -0.25) is 19.3 Å². The number of nitrogens with zero attached hydrogens (tertiary/aromatic N) is 1. The van der Waals surface area contributed by atoms with Gasteiger partial charge in [0.05, 0.1) is 6.42 Å². The van der Waals surface area contributed by atoms with Crippen LogP contribution in [0.15, 0.2) is 24.3 Å². The highest BCUT2D eigenvalue weighted by molar-refractivity contribution is 5.95. The van der Waals surface area contributed by atoms with E-state index in [1.165, 1.54) is 0 Å². The van der Waals surface area contributed by atoms with E-state index >= 15 is 0 Å². The minimum atomic E-state index is -1.46. The Morgan fingerprint density at radius 2 is 1.62 bits per heavy atom. The lowest BCUT2D eigenvalue weighted by molar-refractivity contribution is -0.140. The summed E-state index contributed by atoms with van der Waals surface area (Å²) in [5.74, 6) is 0.158. The van der Waals surface area contributed by atoms with Crippen LogP contribution in [0, 0.1) is 24.8 Å². The van der Waals surface area contributed by atoms with Gasteiger partial charge in [-0.05, 0) is 59.2 Å². The van der Waals surface area contributed by atoms with Crippen molar-refractivity contribution in [1.29, 1.82) is 0 Å². The van der Waals surface area contributed by atoms with Crippen LogP contribution in [0.5, 0.6) is 0 Å².